The van der Waals surface area contributed by atoms with Crippen molar-refractivity contribution in [2.45, 2.75) is 17.9 Å². The number of esters is 1. The number of benzene rings is 1. The monoisotopic (exact) mass is 301 g/mol. The van der Waals surface area contributed by atoms with E-state index in [0.717, 1.165) is 7.11 Å². The average molecular weight is 301 g/mol. The number of sulfonamides is 1. The number of hydrogen-bond donors (Lipinski definition) is 1. The van der Waals surface area contributed by atoms with E-state index in [1.807, 2.05) is 4.72 Å². The van der Waals surface area contributed by atoms with Crippen molar-refractivity contribution in [3.63, 3.8) is 0 Å². The minimum absolute atomic E-state index is 0.152. The smallest absolute Gasteiger partial charge is 0.339 e. The first-order valence-corrected chi connectivity index (χ1v) is 7.08. The maximum Gasteiger partial charge on any atom is 0.339 e. The Morgan fingerprint density at radius 3 is 2.35 bits per heavy atom. The Morgan fingerprint density at radius 2 is 1.80 bits per heavy atom. The van der Waals surface area contributed by atoms with Crippen LogP contribution in [0.25, 0.3) is 0 Å². The molecular weight excluding hydrogens is 286 g/mol. The van der Waals surface area contributed by atoms with Crippen molar-refractivity contribution in [2.75, 3.05) is 14.2 Å². The van der Waals surface area contributed by atoms with Gasteiger partial charge >= 0.3 is 5.97 Å². The van der Waals surface area contributed by atoms with Gasteiger partial charge in [0.1, 0.15) is 11.0 Å². The van der Waals surface area contributed by atoms with Crippen LogP contribution in [0.1, 0.15) is 17.3 Å². The van der Waals surface area contributed by atoms with Crippen LogP contribution >= 0.6 is 0 Å². The molecule has 0 saturated heterocycles. The van der Waals surface area contributed by atoms with Gasteiger partial charge in [0.25, 0.3) is 15.9 Å². The van der Waals surface area contributed by atoms with E-state index in [4.69, 9.17) is 4.74 Å². The predicted octanol–water partition coefficient (Wildman–Crippen LogP) is 0.313. The lowest BCUT2D eigenvalue weighted by atomic mass is 10.2. The number of ether oxygens (including phenoxy) is 2. The summed E-state index contributed by atoms with van der Waals surface area (Å²) < 4.78 is 35.3. The van der Waals surface area contributed by atoms with Gasteiger partial charge in [-0.1, -0.05) is 12.1 Å². The summed E-state index contributed by atoms with van der Waals surface area (Å²) in [7, 11) is -1.77. The topological polar surface area (TPSA) is 98.8 Å². The summed E-state index contributed by atoms with van der Waals surface area (Å²) in [6.07, 6.45) is -0.935. The second kappa shape index (κ2) is 6.49. The highest BCUT2D eigenvalue weighted by Crippen LogP contribution is 2.16. The molecule has 0 unspecified atom stereocenters. The third-order valence-corrected chi connectivity index (χ3v) is 3.94. The Hall–Kier alpha value is -1.93. The number of rotatable bonds is 5. The molecule has 0 aliphatic carbocycles. The maximum absolute atomic E-state index is 12.1. The molecule has 7 nitrogen and oxygen atoms in total. The molecule has 1 aromatic carbocycles. The van der Waals surface area contributed by atoms with Crippen molar-refractivity contribution in [1.82, 2.24) is 4.72 Å². The Labute approximate surface area is 116 Å². The van der Waals surface area contributed by atoms with Gasteiger partial charge in [0.2, 0.25) is 0 Å². The normalized spacial score (nSPS) is 12.6. The molecule has 20 heavy (non-hydrogen) atoms. The van der Waals surface area contributed by atoms with E-state index in [9.17, 15) is 18.0 Å². The zero-order chi connectivity index (χ0) is 15.3. The van der Waals surface area contributed by atoms with Gasteiger partial charge in [-0.15, -0.1) is 0 Å². The summed E-state index contributed by atoms with van der Waals surface area (Å²) in [5, 5.41) is 0. The molecule has 0 aromatic heterocycles. The quantitative estimate of drug-likeness (QED) is 0.786. The standard InChI is InChI=1S/C12H15NO6S/c1-8(18-2)11(14)13-20(16,17)10-7-5-4-6-9(10)12(15)19-3/h4-8H,1-3H3,(H,13,14)/t8-/m0/s1. The van der Waals surface area contributed by atoms with Crippen LogP contribution in [0.3, 0.4) is 0 Å². The van der Waals surface area contributed by atoms with Gasteiger partial charge in [0.05, 0.1) is 12.7 Å². The van der Waals surface area contributed by atoms with Gasteiger partial charge in [-0.25, -0.2) is 17.9 Å². The van der Waals surface area contributed by atoms with Crippen molar-refractivity contribution in [3.8, 4) is 0 Å². The first-order valence-electron chi connectivity index (χ1n) is 5.60. The highest BCUT2D eigenvalue weighted by atomic mass is 32.2. The van der Waals surface area contributed by atoms with Gasteiger partial charge in [-0.05, 0) is 19.1 Å². The zero-order valence-electron chi connectivity index (χ0n) is 11.2. The fourth-order valence-electron chi connectivity index (χ4n) is 1.36. The largest absolute Gasteiger partial charge is 0.465 e. The Kier molecular flexibility index (Phi) is 5.23. The minimum atomic E-state index is -4.18. The van der Waals surface area contributed by atoms with Crippen molar-refractivity contribution in [1.29, 1.82) is 0 Å². The van der Waals surface area contributed by atoms with Gasteiger partial charge in [0, 0.05) is 7.11 Å². The van der Waals surface area contributed by atoms with Crippen molar-refractivity contribution < 1.29 is 27.5 Å². The molecule has 1 atom stereocenters. The SMILES string of the molecule is COC(=O)c1ccccc1S(=O)(=O)NC(=O)[C@H](C)OC. The minimum Gasteiger partial charge on any atom is -0.465 e. The molecule has 1 N–H and O–H groups in total. The lowest BCUT2D eigenvalue weighted by molar-refractivity contribution is -0.128. The fraction of sp³-hybridized carbons (Fsp3) is 0.333. The molecule has 110 valence electrons. The van der Waals surface area contributed by atoms with Crippen LogP contribution in [0.15, 0.2) is 29.2 Å². The van der Waals surface area contributed by atoms with Crippen LogP contribution in [0, 0.1) is 0 Å². The second-order valence-electron chi connectivity index (χ2n) is 3.84. The summed E-state index contributed by atoms with van der Waals surface area (Å²) in [5.41, 5.74) is -0.152. The van der Waals surface area contributed by atoms with E-state index in [-0.39, 0.29) is 10.5 Å². The van der Waals surface area contributed by atoms with Crippen LogP contribution in [-0.4, -0.2) is 40.6 Å². The molecule has 1 rings (SSSR count). The van der Waals surface area contributed by atoms with Crippen molar-refractivity contribution in [3.05, 3.63) is 29.8 Å². The van der Waals surface area contributed by atoms with Crippen LogP contribution in [0.4, 0.5) is 0 Å². The Bertz CT molecular complexity index is 610. The van der Waals surface area contributed by atoms with Gasteiger partial charge in [-0.2, -0.15) is 0 Å². The van der Waals surface area contributed by atoms with E-state index < -0.39 is 28.0 Å². The van der Waals surface area contributed by atoms with Crippen LogP contribution < -0.4 is 4.72 Å². The fourth-order valence-corrected chi connectivity index (χ4v) is 2.60. The van der Waals surface area contributed by atoms with Gasteiger partial charge in [0.15, 0.2) is 0 Å². The highest BCUT2D eigenvalue weighted by molar-refractivity contribution is 7.90. The summed E-state index contributed by atoms with van der Waals surface area (Å²) in [4.78, 5) is 22.8. The van der Waals surface area contributed by atoms with Crippen LogP contribution in [-0.2, 0) is 24.3 Å². The first kappa shape index (κ1) is 16.1. The maximum atomic E-state index is 12.1. The average Bonchev–Trinajstić information content (AvgIpc) is 2.44. The summed E-state index contributed by atoms with van der Waals surface area (Å²) in [6, 6.07) is 5.43. The molecule has 0 radical (unpaired) electrons. The number of methoxy groups -OCH3 is 2. The highest BCUT2D eigenvalue weighted by Gasteiger charge is 2.26. The molecule has 0 saturated carbocycles. The molecule has 0 spiro atoms. The molecule has 1 amide bonds. The second-order valence-corrected chi connectivity index (χ2v) is 5.49. The Morgan fingerprint density at radius 1 is 1.20 bits per heavy atom. The predicted molar refractivity (Wildman–Crippen MR) is 69.6 cm³/mol. The number of hydrogen-bond acceptors (Lipinski definition) is 6. The molecule has 0 aliphatic heterocycles. The molecule has 8 heteroatoms. The lowest BCUT2D eigenvalue weighted by Gasteiger charge is -2.12. The third kappa shape index (κ3) is 3.55. The van der Waals surface area contributed by atoms with E-state index in [1.54, 1.807) is 0 Å². The number of carbonyl (C=O) groups is 2. The number of carbonyl (C=O) groups excluding carboxylic acids is 2. The van der Waals surface area contributed by atoms with Gasteiger partial charge < -0.3 is 9.47 Å². The van der Waals surface area contributed by atoms with Gasteiger partial charge in [-0.3, -0.25) is 4.79 Å². The van der Waals surface area contributed by atoms with E-state index in [0.29, 0.717) is 0 Å². The molecule has 1 aromatic rings. The number of amides is 1. The molecule has 0 heterocycles. The zero-order valence-corrected chi connectivity index (χ0v) is 12.1. The first-order chi connectivity index (χ1) is 9.33. The summed E-state index contributed by atoms with van der Waals surface area (Å²) in [6.45, 7) is 1.40. The van der Waals surface area contributed by atoms with E-state index in [1.165, 1.54) is 38.3 Å². The Balaban J connectivity index is 3.17. The van der Waals surface area contributed by atoms with Crippen molar-refractivity contribution in [2.24, 2.45) is 0 Å². The molecule has 0 bridgehead atoms. The molecule has 0 aliphatic rings. The number of nitrogens with one attached hydrogen (secondary N) is 1. The van der Waals surface area contributed by atoms with E-state index in [2.05, 4.69) is 4.74 Å². The van der Waals surface area contributed by atoms with Crippen LogP contribution in [0.2, 0.25) is 0 Å². The van der Waals surface area contributed by atoms with Crippen molar-refractivity contribution >= 4 is 21.9 Å². The third-order valence-electron chi connectivity index (χ3n) is 2.54. The summed E-state index contributed by atoms with van der Waals surface area (Å²) >= 11 is 0. The summed E-state index contributed by atoms with van der Waals surface area (Å²) in [5.74, 6) is -1.63. The van der Waals surface area contributed by atoms with E-state index >= 15 is 0 Å². The lowest BCUT2D eigenvalue weighted by Crippen LogP contribution is -2.38. The van der Waals surface area contributed by atoms with Crippen LogP contribution in [0.5, 0.6) is 0 Å². The molecular formula is C12H15NO6S. The molecule has 0 fully saturated rings.